The van der Waals surface area contributed by atoms with E-state index in [4.69, 9.17) is 10.2 Å². The molecule has 0 spiro atoms. The van der Waals surface area contributed by atoms with Crippen LogP contribution in [0.3, 0.4) is 0 Å². The monoisotopic (exact) mass is 203 g/mol. The molecule has 0 saturated carbocycles. The van der Waals surface area contributed by atoms with Crippen molar-refractivity contribution in [3.8, 4) is 0 Å². The molecule has 0 bridgehead atoms. The zero-order chi connectivity index (χ0) is 10.8. The van der Waals surface area contributed by atoms with E-state index >= 15 is 0 Å². The van der Waals surface area contributed by atoms with Crippen LogP contribution in [0, 0.1) is 0 Å². The van der Waals surface area contributed by atoms with Gasteiger partial charge in [-0.3, -0.25) is 0 Å². The van der Waals surface area contributed by atoms with Crippen molar-refractivity contribution < 1.29 is 4.42 Å². The van der Waals surface area contributed by atoms with Crippen molar-refractivity contribution in [2.75, 3.05) is 0 Å². The quantitative estimate of drug-likeness (QED) is 0.757. The Morgan fingerprint density at radius 3 is 2.80 bits per heavy atom. The molecule has 0 radical (unpaired) electrons. The minimum absolute atomic E-state index is 0.341. The number of hydrogen-bond acceptors (Lipinski definition) is 3. The summed E-state index contributed by atoms with van der Waals surface area (Å²) in [6.45, 7) is 2.44. The van der Waals surface area contributed by atoms with Crippen molar-refractivity contribution >= 4 is 11.0 Å². The zero-order valence-corrected chi connectivity index (χ0v) is 8.62. The Kier molecular flexibility index (Phi) is 2.56. The van der Waals surface area contributed by atoms with E-state index < -0.39 is 0 Å². The van der Waals surface area contributed by atoms with E-state index in [9.17, 15) is 4.79 Å². The van der Waals surface area contributed by atoms with Crippen molar-refractivity contribution in [3.05, 3.63) is 45.8 Å². The molecule has 2 N–H and O–H groups in total. The van der Waals surface area contributed by atoms with Gasteiger partial charge in [0.1, 0.15) is 5.58 Å². The van der Waals surface area contributed by atoms with Crippen LogP contribution in [0.2, 0.25) is 0 Å². The second kappa shape index (κ2) is 3.87. The normalized spacial score (nSPS) is 10.8. The Bertz CT molecular complexity index is 543. The van der Waals surface area contributed by atoms with Crippen LogP contribution in [0.5, 0.6) is 0 Å². The maximum atomic E-state index is 11.2. The molecule has 1 aromatic carbocycles. The Morgan fingerprint density at radius 1 is 1.33 bits per heavy atom. The van der Waals surface area contributed by atoms with Gasteiger partial charge < -0.3 is 10.2 Å². The minimum atomic E-state index is -0.341. The number of hydrogen-bond donors (Lipinski definition) is 1. The Hall–Kier alpha value is -1.61. The highest BCUT2D eigenvalue weighted by atomic mass is 16.4. The van der Waals surface area contributed by atoms with Gasteiger partial charge in [-0.1, -0.05) is 13.0 Å². The molecule has 0 saturated heterocycles. The van der Waals surface area contributed by atoms with E-state index in [1.54, 1.807) is 0 Å². The van der Waals surface area contributed by atoms with Gasteiger partial charge in [0.05, 0.1) is 0 Å². The molecule has 0 aliphatic carbocycles. The largest absolute Gasteiger partial charge is 0.423 e. The average Bonchev–Trinajstić information content (AvgIpc) is 2.27. The van der Waals surface area contributed by atoms with Gasteiger partial charge in [-0.15, -0.1) is 0 Å². The smallest absolute Gasteiger partial charge is 0.336 e. The molecule has 15 heavy (non-hydrogen) atoms. The van der Waals surface area contributed by atoms with Crippen molar-refractivity contribution in [1.82, 2.24) is 0 Å². The second-order valence-corrected chi connectivity index (χ2v) is 3.48. The molecular formula is C12H13NO2. The molecule has 0 fully saturated rings. The average molecular weight is 203 g/mol. The van der Waals surface area contributed by atoms with Crippen LogP contribution in [-0.2, 0) is 13.0 Å². The highest BCUT2D eigenvalue weighted by molar-refractivity contribution is 5.80. The lowest BCUT2D eigenvalue weighted by Crippen LogP contribution is -2.05. The first-order chi connectivity index (χ1) is 7.24. The van der Waals surface area contributed by atoms with Crippen molar-refractivity contribution in [3.63, 3.8) is 0 Å². The fraction of sp³-hybridized carbons (Fsp3) is 0.250. The summed E-state index contributed by atoms with van der Waals surface area (Å²) in [4.78, 5) is 11.2. The number of fused-ring (bicyclic) bond motifs is 1. The van der Waals surface area contributed by atoms with Crippen molar-refractivity contribution in [1.29, 1.82) is 0 Å². The van der Waals surface area contributed by atoms with E-state index in [0.717, 1.165) is 17.4 Å². The van der Waals surface area contributed by atoms with Gasteiger partial charge in [0.15, 0.2) is 0 Å². The first-order valence-electron chi connectivity index (χ1n) is 5.00. The summed E-state index contributed by atoms with van der Waals surface area (Å²) in [6.07, 6.45) is 0.957. The van der Waals surface area contributed by atoms with E-state index in [1.165, 1.54) is 11.6 Å². The number of aryl methyl sites for hydroxylation is 1. The van der Waals surface area contributed by atoms with Crippen LogP contribution in [0.25, 0.3) is 11.0 Å². The third kappa shape index (κ3) is 1.78. The van der Waals surface area contributed by atoms with E-state index in [1.807, 2.05) is 18.2 Å². The van der Waals surface area contributed by atoms with Gasteiger partial charge >= 0.3 is 5.63 Å². The molecule has 2 rings (SSSR count). The molecule has 0 unspecified atom stereocenters. The van der Waals surface area contributed by atoms with Crippen LogP contribution >= 0.6 is 0 Å². The van der Waals surface area contributed by atoms with E-state index in [0.29, 0.717) is 12.1 Å². The zero-order valence-electron chi connectivity index (χ0n) is 8.62. The molecular weight excluding hydrogens is 190 g/mol. The molecule has 0 aliphatic heterocycles. The Labute approximate surface area is 87.5 Å². The number of benzene rings is 1. The maximum absolute atomic E-state index is 11.2. The molecule has 3 heteroatoms. The third-order valence-corrected chi connectivity index (χ3v) is 2.52. The summed E-state index contributed by atoms with van der Waals surface area (Å²) >= 11 is 0. The van der Waals surface area contributed by atoms with E-state index in [2.05, 4.69) is 6.92 Å². The molecule has 3 nitrogen and oxygen atoms in total. The Morgan fingerprint density at radius 2 is 2.13 bits per heavy atom. The van der Waals surface area contributed by atoms with Gasteiger partial charge in [-0.2, -0.15) is 0 Å². The molecule has 0 aliphatic rings. The number of rotatable bonds is 2. The highest BCUT2D eigenvalue weighted by Crippen LogP contribution is 2.18. The number of nitrogens with two attached hydrogens (primary N) is 1. The van der Waals surface area contributed by atoms with Crippen LogP contribution in [0.15, 0.2) is 33.5 Å². The predicted octanol–water partition coefficient (Wildman–Crippen LogP) is 1.81. The lowest BCUT2D eigenvalue weighted by atomic mass is 10.1. The van der Waals surface area contributed by atoms with Crippen LogP contribution in [-0.4, -0.2) is 0 Å². The van der Waals surface area contributed by atoms with Crippen molar-refractivity contribution in [2.24, 2.45) is 5.73 Å². The van der Waals surface area contributed by atoms with Gasteiger partial charge in [0.2, 0.25) is 0 Å². The molecule has 2 aromatic rings. The van der Waals surface area contributed by atoms with Crippen LogP contribution in [0.4, 0.5) is 0 Å². The van der Waals surface area contributed by atoms with Crippen LogP contribution in [0.1, 0.15) is 18.1 Å². The van der Waals surface area contributed by atoms with Crippen molar-refractivity contribution in [2.45, 2.75) is 19.9 Å². The summed E-state index contributed by atoms with van der Waals surface area (Å²) in [6, 6.07) is 7.28. The fourth-order valence-electron chi connectivity index (χ4n) is 1.66. The summed E-state index contributed by atoms with van der Waals surface area (Å²) in [5.41, 5.74) is 7.92. The minimum Gasteiger partial charge on any atom is -0.423 e. The lowest BCUT2D eigenvalue weighted by molar-refractivity contribution is 0.559. The first-order valence-corrected chi connectivity index (χ1v) is 5.00. The standard InChI is InChI=1S/C12H13NO2/c1-2-8-3-4-11-10(5-8)9(7-13)6-12(14)15-11/h3-6H,2,7,13H2,1H3. The third-order valence-electron chi connectivity index (χ3n) is 2.52. The summed E-state index contributed by atoms with van der Waals surface area (Å²) < 4.78 is 5.09. The van der Waals surface area contributed by atoms with Crippen LogP contribution < -0.4 is 11.4 Å². The maximum Gasteiger partial charge on any atom is 0.336 e. The molecule has 1 heterocycles. The first kappa shape index (κ1) is 9.93. The van der Waals surface area contributed by atoms with E-state index in [-0.39, 0.29) is 5.63 Å². The second-order valence-electron chi connectivity index (χ2n) is 3.48. The van der Waals surface area contributed by atoms with Gasteiger partial charge in [0, 0.05) is 18.0 Å². The van der Waals surface area contributed by atoms with Gasteiger partial charge in [-0.05, 0) is 29.7 Å². The predicted molar refractivity (Wildman–Crippen MR) is 59.8 cm³/mol. The molecule has 0 atom stereocenters. The SMILES string of the molecule is CCc1ccc2oc(=O)cc(CN)c2c1. The molecule has 78 valence electrons. The molecule has 1 aromatic heterocycles. The summed E-state index contributed by atoms with van der Waals surface area (Å²) in [5, 5.41) is 0.941. The van der Waals surface area contributed by atoms with Gasteiger partial charge in [-0.25, -0.2) is 4.79 Å². The Balaban J connectivity index is 2.79. The summed E-state index contributed by atoms with van der Waals surface area (Å²) in [7, 11) is 0. The van der Waals surface area contributed by atoms with Gasteiger partial charge in [0.25, 0.3) is 0 Å². The topological polar surface area (TPSA) is 56.2 Å². The molecule has 0 amide bonds. The lowest BCUT2D eigenvalue weighted by Gasteiger charge is -2.04. The fourth-order valence-corrected chi connectivity index (χ4v) is 1.66. The summed E-state index contributed by atoms with van der Waals surface area (Å²) in [5.74, 6) is 0. The highest BCUT2D eigenvalue weighted by Gasteiger charge is 2.04.